The Balaban J connectivity index is 1.50. The third kappa shape index (κ3) is 4.40. The Morgan fingerprint density at radius 3 is 2.81 bits per heavy atom. The summed E-state index contributed by atoms with van der Waals surface area (Å²) >= 11 is 2.16. The maximum atomic E-state index is 5.66. The SMILES string of the molecule is C(OCCCC1CCCS1)=C1CCCCC1. The molecule has 1 unspecified atom stereocenters. The molecule has 0 bridgehead atoms. The van der Waals surface area contributed by atoms with Crippen molar-refractivity contribution in [3.8, 4) is 0 Å². The van der Waals surface area contributed by atoms with Crippen molar-refractivity contribution in [1.82, 2.24) is 0 Å². The van der Waals surface area contributed by atoms with E-state index in [1.807, 2.05) is 0 Å². The molecule has 1 atom stereocenters. The first-order valence-corrected chi connectivity index (χ1v) is 7.91. The lowest BCUT2D eigenvalue weighted by molar-refractivity contribution is 0.236. The summed E-state index contributed by atoms with van der Waals surface area (Å²) in [5, 5.41) is 0.936. The predicted molar refractivity (Wildman–Crippen MR) is 71.8 cm³/mol. The van der Waals surface area contributed by atoms with Crippen molar-refractivity contribution in [1.29, 1.82) is 0 Å². The van der Waals surface area contributed by atoms with Gasteiger partial charge in [-0.1, -0.05) is 6.42 Å². The van der Waals surface area contributed by atoms with Crippen LogP contribution in [-0.4, -0.2) is 17.6 Å². The van der Waals surface area contributed by atoms with Crippen LogP contribution in [0.3, 0.4) is 0 Å². The van der Waals surface area contributed by atoms with Crippen LogP contribution in [0, 0.1) is 0 Å². The molecule has 1 nitrogen and oxygen atoms in total. The van der Waals surface area contributed by atoms with E-state index in [0.29, 0.717) is 0 Å². The van der Waals surface area contributed by atoms with E-state index in [1.54, 1.807) is 5.57 Å². The molecule has 0 radical (unpaired) electrons. The lowest BCUT2D eigenvalue weighted by Crippen LogP contribution is -2.00. The van der Waals surface area contributed by atoms with Crippen LogP contribution < -0.4 is 0 Å². The van der Waals surface area contributed by atoms with Gasteiger partial charge in [-0.15, -0.1) is 0 Å². The van der Waals surface area contributed by atoms with Crippen molar-refractivity contribution in [3.05, 3.63) is 11.8 Å². The van der Waals surface area contributed by atoms with Gasteiger partial charge in [0.1, 0.15) is 0 Å². The Kier molecular flexibility index (Phi) is 5.60. The van der Waals surface area contributed by atoms with Crippen LogP contribution in [0.25, 0.3) is 0 Å². The molecule has 1 saturated carbocycles. The smallest absolute Gasteiger partial charge is 0.0873 e. The average Bonchev–Trinajstić information content (AvgIpc) is 2.83. The topological polar surface area (TPSA) is 9.23 Å². The van der Waals surface area contributed by atoms with Gasteiger partial charge in [0.2, 0.25) is 0 Å². The zero-order valence-corrected chi connectivity index (χ0v) is 11.1. The first-order valence-electron chi connectivity index (χ1n) is 6.86. The van der Waals surface area contributed by atoms with Crippen LogP contribution in [-0.2, 0) is 4.74 Å². The van der Waals surface area contributed by atoms with E-state index in [4.69, 9.17) is 4.74 Å². The van der Waals surface area contributed by atoms with Crippen molar-refractivity contribution >= 4 is 11.8 Å². The molecule has 0 aromatic carbocycles. The van der Waals surface area contributed by atoms with Crippen molar-refractivity contribution < 1.29 is 4.74 Å². The fraction of sp³-hybridized carbons (Fsp3) is 0.857. The molecule has 0 spiro atoms. The number of rotatable bonds is 5. The van der Waals surface area contributed by atoms with Crippen molar-refractivity contribution in [2.45, 2.75) is 63.0 Å². The van der Waals surface area contributed by atoms with Crippen LogP contribution in [0.2, 0.25) is 0 Å². The quantitative estimate of drug-likeness (QED) is 0.516. The molecule has 0 aromatic rings. The second-order valence-corrected chi connectivity index (χ2v) is 6.39. The van der Waals surface area contributed by atoms with E-state index in [2.05, 4.69) is 18.0 Å². The Morgan fingerprint density at radius 2 is 2.06 bits per heavy atom. The molecule has 2 rings (SSSR count). The number of thioether (sulfide) groups is 1. The molecule has 0 amide bonds. The number of allylic oxidation sites excluding steroid dienone is 1. The van der Waals surface area contributed by atoms with Gasteiger partial charge < -0.3 is 4.74 Å². The first-order chi connectivity index (χ1) is 7.95. The summed E-state index contributed by atoms with van der Waals surface area (Å²) in [6.45, 7) is 0.931. The third-order valence-electron chi connectivity index (χ3n) is 3.56. The van der Waals surface area contributed by atoms with Crippen LogP contribution in [0.5, 0.6) is 0 Å². The van der Waals surface area contributed by atoms with Gasteiger partial charge in [-0.25, -0.2) is 0 Å². The normalized spacial score (nSPS) is 25.8. The number of hydrogen-bond donors (Lipinski definition) is 0. The fourth-order valence-electron chi connectivity index (χ4n) is 2.57. The van der Waals surface area contributed by atoms with Crippen LogP contribution in [0.15, 0.2) is 11.8 Å². The highest BCUT2D eigenvalue weighted by Gasteiger charge is 2.14. The standard InChI is InChI=1S/C14H24OS/c1-2-6-13(7-3-1)12-15-10-4-8-14-9-5-11-16-14/h12,14H,1-11H2. The lowest BCUT2D eigenvalue weighted by atomic mass is 9.96. The summed E-state index contributed by atoms with van der Waals surface area (Å²) in [5.74, 6) is 1.38. The highest BCUT2D eigenvalue weighted by molar-refractivity contribution is 8.00. The van der Waals surface area contributed by atoms with E-state index >= 15 is 0 Å². The lowest BCUT2D eigenvalue weighted by Gasteiger charge is -2.13. The Hall–Kier alpha value is -0.110. The Bertz CT molecular complexity index is 211. The van der Waals surface area contributed by atoms with Gasteiger partial charge in [-0.3, -0.25) is 0 Å². The largest absolute Gasteiger partial charge is 0.501 e. The molecule has 1 aliphatic carbocycles. The zero-order chi connectivity index (χ0) is 11.1. The summed E-state index contributed by atoms with van der Waals surface area (Å²) in [4.78, 5) is 0. The molecular formula is C14H24OS. The molecule has 1 heterocycles. The van der Waals surface area contributed by atoms with E-state index < -0.39 is 0 Å². The van der Waals surface area contributed by atoms with Crippen LogP contribution >= 0.6 is 11.8 Å². The second kappa shape index (κ2) is 7.26. The minimum Gasteiger partial charge on any atom is -0.501 e. The molecular weight excluding hydrogens is 216 g/mol. The second-order valence-electron chi connectivity index (χ2n) is 4.98. The van der Waals surface area contributed by atoms with E-state index in [-0.39, 0.29) is 0 Å². The third-order valence-corrected chi connectivity index (χ3v) is 5.03. The number of ether oxygens (including phenoxy) is 1. The summed E-state index contributed by atoms with van der Waals surface area (Å²) < 4.78 is 5.66. The molecule has 1 aliphatic heterocycles. The summed E-state index contributed by atoms with van der Waals surface area (Å²) in [5.41, 5.74) is 1.54. The predicted octanol–water partition coefficient (Wildman–Crippen LogP) is 4.53. The van der Waals surface area contributed by atoms with Crippen LogP contribution in [0.1, 0.15) is 57.8 Å². The molecule has 2 heteroatoms. The van der Waals surface area contributed by atoms with Gasteiger partial charge in [0.25, 0.3) is 0 Å². The molecule has 1 saturated heterocycles. The summed E-state index contributed by atoms with van der Waals surface area (Å²) in [6.07, 6.45) is 14.2. The molecule has 2 fully saturated rings. The molecule has 0 N–H and O–H groups in total. The van der Waals surface area contributed by atoms with E-state index in [1.165, 1.54) is 63.5 Å². The maximum absolute atomic E-state index is 5.66. The monoisotopic (exact) mass is 240 g/mol. The first kappa shape index (κ1) is 12.3. The summed E-state index contributed by atoms with van der Waals surface area (Å²) in [6, 6.07) is 0. The van der Waals surface area contributed by atoms with E-state index in [9.17, 15) is 0 Å². The molecule has 16 heavy (non-hydrogen) atoms. The number of hydrogen-bond acceptors (Lipinski definition) is 2. The van der Waals surface area contributed by atoms with Gasteiger partial charge in [-0.05, 0) is 62.7 Å². The zero-order valence-electron chi connectivity index (χ0n) is 10.2. The average molecular weight is 240 g/mol. The van der Waals surface area contributed by atoms with Gasteiger partial charge in [-0.2, -0.15) is 11.8 Å². The van der Waals surface area contributed by atoms with Crippen molar-refractivity contribution in [2.24, 2.45) is 0 Å². The fourth-order valence-corrected chi connectivity index (χ4v) is 3.90. The van der Waals surface area contributed by atoms with Gasteiger partial charge in [0.05, 0.1) is 12.9 Å². The molecule has 0 aromatic heterocycles. The highest BCUT2D eigenvalue weighted by Crippen LogP contribution is 2.29. The molecule has 92 valence electrons. The van der Waals surface area contributed by atoms with E-state index in [0.717, 1.165) is 11.9 Å². The maximum Gasteiger partial charge on any atom is 0.0873 e. The van der Waals surface area contributed by atoms with Crippen LogP contribution in [0.4, 0.5) is 0 Å². The van der Waals surface area contributed by atoms with Gasteiger partial charge in [0, 0.05) is 5.25 Å². The summed E-state index contributed by atoms with van der Waals surface area (Å²) in [7, 11) is 0. The van der Waals surface area contributed by atoms with Gasteiger partial charge >= 0.3 is 0 Å². The Morgan fingerprint density at radius 1 is 1.19 bits per heavy atom. The minimum atomic E-state index is 0.931. The van der Waals surface area contributed by atoms with Crippen molar-refractivity contribution in [2.75, 3.05) is 12.4 Å². The van der Waals surface area contributed by atoms with Crippen molar-refractivity contribution in [3.63, 3.8) is 0 Å². The Labute approximate surface area is 104 Å². The van der Waals surface area contributed by atoms with Gasteiger partial charge in [0.15, 0.2) is 0 Å². The highest BCUT2D eigenvalue weighted by atomic mass is 32.2. The minimum absolute atomic E-state index is 0.931. The molecule has 2 aliphatic rings.